The number of hydrogen-bond donors (Lipinski definition) is 0. The summed E-state index contributed by atoms with van der Waals surface area (Å²) < 4.78 is 17.4. The van der Waals surface area contributed by atoms with Crippen LogP contribution in [0, 0.1) is 19.7 Å². The second-order valence-electron chi connectivity index (χ2n) is 6.87. The lowest BCUT2D eigenvalue weighted by molar-refractivity contribution is 0.102. The number of benzene rings is 1. The van der Waals surface area contributed by atoms with Crippen LogP contribution in [0.2, 0.25) is 0 Å². The summed E-state index contributed by atoms with van der Waals surface area (Å²) in [4.78, 5) is 12.8. The van der Waals surface area contributed by atoms with E-state index >= 15 is 0 Å². The summed E-state index contributed by atoms with van der Waals surface area (Å²) in [6.07, 6.45) is 0. The van der Waals surface area contributed by atoms with E-state index in [1.165, 1.54) is 23.9 Å². The third-order valence-electron chi connectivity index (χ3n) is 4.52. The van der Waals surface area contributed by atoms with Gasteiger partial charge in [-0.05, 0) is 38.1 Å². The fourth-order valence-electron chi connectivity index (χ4n) is 3.22. The molecule has 0 radical (unpaired) electrons. The molecule has 0 saturated heterocycles. The highest BCUT2D eigenvalue weighted by Crippen LogP contribution is 2.25. The number of carbonyl (C=O) groups excluding carboxylic acids is 1. The first-order valence-electron chi connectivity index (χ1n) is 8.79. The zero-order chi connectivity index (χ0) is 19.7. The van der Waals surface area contributed by atoms with Crippen LogP contribution in [0.3, 0.4) is 0 Å². The number of rotatable bonds is 6. The summed E-state index contributed by atoms with van der Waals surface area (Å²) in [5.41, 5.74) is 3.07. The van der Waals surface area contributed by atoms with Gasteiger partial charge >= 0.3 is 0 Å². The van der Waals surface area contributed by atoms with E-state index in [4.69, 9.17) is 0 Å². The monoisotopic (exact) mass is 386 g/mol. The molecule has 0 aliphatic carbocycles. The zero-order valence-electron chi connectivity index (χ0n) is 16.2. The van der Waals surface area contributed by atoms with E-state index in [1.54, 1.807) is 6.07 Å². The Labute approximate surface area is 162 Å². The predicted octanol–water partition coefficient (Wildman–Crippen LogP) is 4.46. The summed E-state index contributed by atoms with van der Waals surface area (Å²) in [5, 5.41) is 9.10. The van der Waals surface area contributed by atoms with Crippen LogP contribution in [0.4, 0.5) is 4.39 Å². The van der Waals surface area contributed by atoms with E-state index in [0.29, 0.717) is 11.3 Å². The largest absolute Gasteiger partial charge is 0.318 e. The maximum atomic E-state index is 13.6. The SMILES string of the molecule is Cc1cc(C(=O)CSc2nnc(C(C)C)n2C)c(C)n1-c1cccc(F)c1. The standard InChI is InChI=1S/C20H23FN4OS/c1-12(2)19-22-23-20(24(19)5)27-11-18(26)17-9-13(3)25(14(17)4)16-8-6-7-15(21)10-16/h6-10,12H,11H2,1-5H3. The first-order chi connectivity index (χ1) is 12.8. The van der Waals surface area contributed by atoms with Gasteiger partial charge in [0.05, 0.1) is 5.75 Å². The second-order valence-corrected chi connectivity index (χ2v) is 7.81. The van der Waals surface area contributed by atoms with Crippen molar-refractivity contribution in [1.29, 1.82) is 0 Å². The third kappa shape index (κ3) is 3.83. The topological polar surface area (TPSA) is 52.7 Å². The van der Waals surface area contributed by atoms with Gasteiger partial charge in [-0.15, -0.1) is 10.2 Å². The highest BCUT2D eigenvalue weighted by Gasteiger charge is 2.19. The number of hydrogen-bond acceptors (Lipinski definition) is 4. The van der Waals surface area contributed by atoms with Crippen LogP contribution in [0.25, 0.3) is 5.69 Å². The molecule has 5 nitrogen and oxygen atoms in total. The number of aromatic nitrogens is 4. The number of carbonyl (C=O) groups is 1. The molecule has 1 aromatic carbocycles. The summed E-state index contributed by atoms with van der Waals surface area (Å²) in [7, 11) is 1.91. The van der Waals surface area contributed by atoms with Gasteiger partial charge in [0.1, 0.15) is 11.6 Å². The molecule has 142 valence electrons. The van der Waals surface area contributed by atoms with Crippen molar-refractivity contribution >= 4 is 17.5 Å². The van der Waals surface area contributed by atoms with Crippen LogP contribution in [0.5, 0.6) is 0 Å². The summed E-state index contributed by atoms with van der Waals surface area (Å²) >= 11 is 1.38. The quantitative estimate of drug-likeness (QED) is 0.464. The molecule has 0 amide bonds. The lowest BCUT2D eigenvalue weighted by Crippen LogP contribution is -2.07. The van der Waals surface area contributed by atoms with Crippen molar-refractivity contribution in [2.75, 3.05) is 5.75 Å². The average Bonchev–Trinajstić information content (AvgIpc) is 3.12. The van der Waals surface area contributed by atoms with Crippen molar-refractivity contribution in [3.63, 3.8) is 0 Å². The fourth-order valence-corrected chi connectivity index (χ4v) is 4.02. The maximum absolute atomic E-state index is 13.6. The van der Waals surface area contributed by atoms with Gasteiger partial charge in [-0.1, -0.05) is 31.7 Å². The number of nitrogens with zero attached hydrogens (tertiary/aromatic N) is 4. The van der Waals surface area contributed by atoms with Crippen molar-refractivity contribution < 1.29 is 9.18 Å². The molecule has 0 saturated carbocycles. The van der Waals surface area contributed by atoms with Crippen LogP contribution >= 0.6 is 11.8 Å². The van der Waals surface area contributed by atoms with E-state index in [1.807, 2.05) is 42.2 Å². The van der Waals surface area contributed by atoms with Gasteiger partial charge in [0, 0.05) is 35.6 Å². The van der Waals surface area contributed by atoms with Gasteiger partial charge in [-0.25, -0.2) is 4.39 Å². The first kappa shape index (κ1) is 19.4. The zero-order valence-corrected chi connectivity index (χ0v) is 17.0. The summed E-state index contributed by atoms with van der Waals surface area (Å²) in [6.45, 7) is 7.92. The molecule has 0 spiro atoms. The Morgan fingerprint density at radius 1 is 1.22 bits per heavy atom. The van der Waals surface area contributed by atoms with E-state index in [2.05, 4.69) is 24.0 Å². The van der Waals surface area contributed by atoms with Gasteiger partial charge in [0.15, 0.2) is 10.9 Å². The highest BCUT2D eigenvalue weighted by atomic mass is 32.2. The Morgan fingerprint density at radius 3 is 2.59 bits per heavy atom. The second kappa shape index (κ2) is 7.68. The van der Waals surface area contributed by atoms with E-state index in [0.717, 1.165) is 22.4 Å². The molecule has 3 rings (SSSR count). The maximum Gasteiger partial charge on any atom is 0.191 e. The number of Topliss-reactive ketones (excluding diaryl/α,β-unsaturated/α-hetero) is 1. The normalized spacial score (nSPS) is 11.4. The molecule has 27 heavy (non-hydrogen) atoms. The number of halogens is 1. The minimum absolute atomic E-state index is 0.0184. The minimum Gasteiger partial charge on any atom is -0.318 e. The third-order valence-corrected chi connectivity index (χ3v) is 5.54. The lowest BCUT2D eigenvalue weighted by Gasteiger charge is -2.10. The molecule has 2 aromatic heterocycles. The fraction of sp³-hybridized carbons (Fsp3) is 0.350. The number of thioether (sulfide) groups is 1. The Hall–Kier alpha value is -2.41. The van der Waals surface area contributed by atoms with Crippen LogP contribution in [0.1, 0.15) is 47.3 Å². The smallest absolute Gasteiger partial charge is 0.191 e. The van der Waals surface area contributed by atoms with Crippen LogP contribution < -0.4 is 0 Å². The Bertz CT molecular complexity index is 990. The van der Waals surface area contributed by atoms with Crippen molar-refractivity contribution in [2.24, 2.45) is 7.05 Å². The molecule has 0 atom stereocenters. The molecule has 0 fully saturated rings. The molecule has 2 heterocycles. The van der Waals surface area contributed by atoms with Crippen molar-refractivity contribution in [3.05, 3.63) is 58.9 Å². The van der Waals surface area contributed by atoms with Crippen LogP contribution in [-0.4, -0.2) is 30.9 Å². The van der Waals surface area contributed by atoms with Crippen molar-refractivity contribution in [1.82, 2.24) is 19.3 Å². The summed E-state index contributed by atoms with van der Waals surface area (Å²) in [6, 6.07) is 8.24. The Kier molecular flexibility index (Phi) is 5.51. The Morgan fingerprint density at radius 2 is 1.96 bits per heavy atom. The number of aryl methyl sites for hydroxylation is 1. The Balaban J connectivity index is 1.81. The molecular formula is C20H23FN4OS. The van der Waals surface area contributed by atoms with Gasteiger partial charge in [0.2, 0.25) is 0 Å². The molecule has 0 aliphatic rings. The average molecular weight is 386 g/mol. The van der Waals surface area contributed by atoms with E-state index in [-0.39, 0.29) is 23.3 Å². The minimum atomic E-state index is -0.299. The molecular weight excluding hydrogens is 363 g/mol. The predicted molar refractivity (Wildman–Crippen MR) is 105 cm³/mol. The van der Waals surface area contributed by atoms with E-state index < -0.39 is 0 Å². The molecule has 0 unspecified atom stereocenters. The number of ketones is 1. The summed E-state index contributed by atoms with van der Waals surface area (Å²) in [5.74, 6) is 1.17. The highest BCUT2D eigenvalue weighted by molar-refractivity contribution is 7.99. The van der Waals surface area contributed by atoms with Gasteiger partial charge in [-0.2, -0.15) is 0 Å². The van der Waals surface area contributed by atoms with Crippen molar-refractivity contribution in [3.8, 4) is 5.69 Å². The van der Waals surface area contributed by atoms with Crippen molar-refractivity contribution in [2.45, 2.75) is 38.8 Å². The molecule has 7 heteroatoms. The van der Waals surface area contributed by atoms with Gasteiger partial charge in [-0.3, -0.25) is 4.79 Å². The first-order valence-corrected chi connectivity index (χ1v) is 9.78. The lowest BCUT2D eigenvalue weighted by atomic mass is 10.2. The van der Waals surface area contributed by atoms with Gasteiger partial charge < -0.3 is 9.13 Å². The van der Waals surface area contributed by atoms with E-state index in [9.17, 15) is 9.18 Å². The molecule has 3 aromatic rings. The van der Waals surface area contributed by atoms with Gasteiger partial charge in [0.25, 0.3) is 0 Å². The molecule has 0 aliphatic heterocycles. The molecule has 0 N–H and O–H groups in total. The van der Waals surface area contributed by atoms with Crippen LogP contribution in [0.15, 0.2) is 35.5 Å². The van der Waals surface area contributed by atoms with Crippen LogP contribution in [-0.2, 0) is 7.05 Å². The molecule has 0 bridgehead atoms.